The minimum Gasteiger partial charge on any atom is -0.367 e. The molecule has 0 atom stereocenters. The van der Waals surface area contributed by atoms with Crippen LogP contribution in [0.1, 0.15) is 13.3 Å². The molecule has 2 N–H and O–H groups in total. The molecule has 6 nitrogen and oxygen atoms in total. The number of aromatic nitrogens is 4. The van der Waals surface area contributed by atoms with Gasteiger partial charge in [0.15, 0.2) is 0 Å². The number of anilines is 2. The van der Waals surface area contributed by atoms with Crippen molar-refractivity contribution in [2.45, 2.75) is 19.9 Å². The molecule has 0 spiro atoms. The maximum Gasteiger partial charge on any atom is 0.224 e. The van der Waals surface area contributed by atoms with Crippen LogP contribution in [-0.2, 0) is 6.54 Å². The van der Waals surface area contributed by atoms with Gasteiger partial charge in [-0.3, -0.25) is 4.68 Å². The molecule has 0 amide bonds. The molecule has 0 aliphatic rings. The first-order chi connectivity index (χ1) is 9.29. The zero-order chi connectivity index (χ0) is 13.5. The van der Waals surface area contributed by atoms with Crippen molar-refractivity contribution in [3.8, 4) is 0 Å². The van der Waals surface area contributed by atoms with Gasteiger partial charge >= 0.3 is 0 Å². The SMILES string of the molecule is CCCNc1ncc(Br)c(NCCn2cccn2)n1. The van der Waals surface area contributed by atoms with E-state index >= 15 is 0 Å². The van der Waals surface area contributed by atoms with Crippen LogP contribution in [0.2, 0.25) is 0 Å². The normalized spacial score (nSPS) is 10.4. The summed E-state index contributed by atoms with van der Waals surface area (Å²) in [5.74, 6) is 1.44. The van der Waals surface area contributed by atoms with Crippen LogP contribution in [-0.4, -0.2) is 32.8 Å². The Balaban J connectivity index is 1.90. The fourth-order valence-electron chi connectivity index (χ4n) is 1.53. The molecule has 2 aromatic heterocycles. The minimum absolute atomic E-state index is 0.645. The zero-order valence-corrected chi connectivity index (χ0v) is 12.4. The number of nitrogens with one attached hydrogen (secondary N) is 2. The summed E-state index contributed by atoms with van der Waals surface area (Å²) >= 11 is 3.44. The van der Waals surface area contributed by atoms with Crippen molar-refractivity contribution < 1.29 is 0 Å². The number of hydrogen-bond donors (Lipinski definition) is 2. The van der Waals surface area contributed by atoms with Crippen molar-refractivity contribution in [1.29, 1.82) is 0 Å². The van der Waals surface area contributed by atoms with Crippen LogP contribution in [0.4, 0.5) is 11.8 Å². The Kier molecular flexibility index (Phi) is 5.14. The summed E-state index contributed by atoms with van der Waals surface area (Å²) < 4.78 is 2.73. The zero-order valence-electron chi connectivity index (χ0n) is 10.8. The van der Waals surface area contributed by atoms with E-state index in [9.17, 15) is 0 Å². The maximum atomic E-state index is 4.42. The van der Waals surface area contributed by atoms with Crippen LogP contribution in [0.25, 0.3) is 0 Å². The van der Waals surface area contributed by atoms with E-state index in [0.29, 0.717) is 5.95 Å². The second-order valence-corrected chi connectivity index (χ2v) is 4.87. The van der Waals surface area contributed by atoms with E-state index in [1.165, 1.54) is 0 Å². The van der Waals surface area contributed by atoms with E-state index < -0.39 is 0 Å². The molecule has 0 fully saturated rings. The van der Waals surface area contributed by atoms with E-state index in [2.05, 4.69) is 48.6 Å². The van der Waals surface area contributed by atoms with Gasteiger partial charge in [0.1, 0.15) is 5.82 Å². The number of halogens is 1. The summed E-state index contributed by atoms with van der Waals surface area (Å²) in [6.45, 7) is 4.52. The Labute approximate surface area is 120 Å². The summed E-state index contributed by atoms with van der Waals surface area (Å²) in [4.78, 5) is 8.63. The predicted molar refractivity (Wildman–Crippen MR) is 79.2 cm³/mol. The lowest BCUT2D eigenvalue weighted by molar-refractivity contribution is 0.637. The van der Waals surface area contributed by atoms with Crippen LogP contribution >= 0.6 is 15.9 Å². The van der Waals surface area contributed by atoms with Gasteiger partial charge in [0.2, 0.25) is 5.95 Å². The second kappa shape index (κ2) is 7.08. The monoisotopic (exact) mass is 324 g/mol. The molecule has 2 heterocycles. The van der Waals surface area contributed by atoms with Gasteiger partial charge in [-0.15, -0.1) is 0 Å². The van der Waals surface area contributed by atoms with Gasteiger partial charge in [0.05, 0.1) is 11.0 Å². The van der Waals surface area contributed by atoms with Gasteiger partial charge in [0, 0.05) is 31.7 Å². The van der Waals surface area contributed by atoms with Crippen molar-refractivity contribution in [2.75, 3.05) is 23.7 Å². The Morgan fingerprint density at radius 1 is 1.32 bits per heavy atom. The molecule has 0 aliphatic carbocycles. The summed E-state index contributed by atoms with van der Waals surface area (Å²) in [5.41, 5.74) is 0. The average molecular weight is 325 g/mol. The predicted octanol–water partition coefficient (Wildman–Crippen LogP) is 2.37. The van der Waals surface area contributed by atoms with Crippen molar-refractivity contribution in [3.63, 3.8) is 0 Å². The van der Waals surface area contributed by atoms with E-state index in [1.807, 2.05) is 16.9 Å². The van der Waals surface area contributed by atoms with Gasteiger partial charge in [-0.2, -0.15) is 10.1 Å². The third-order valence-electron chi connectivity index (χ3n) is 2.47. The third kappa shape index (κ3) is 4.20. The Hall–Kier alpha value is -1.63. The molecule has 0 radical (unpaired) electrons. The molecule has 7 heteroatoms. The molecule has 2 rings (SSSR count). The van der Waals surface area contributed by atoms with Crippen molar-refractivity contribution >= 4 is 27.7 Å². The molecule has 19 heavy (non-hydrogen) atoms. The molecular formula is C12H17BrN6. The summed E-state index contributed by atoms with van der Waals surface area (Å²) in [6.07, 6.45) is 6.50. The van der Waals surface area contributed by atoms with Gasteiger partial charge in [-0.05, 0) is 28.4 Å². The highest BCUT2D eigenvalue weighted by molar-refractivity contribution is 9.10. The quantitative estimate of drug-likeness (QED) is 0.818. The first-order valence-corrected chi connectivity index (χ1v) is 7.06. The van der Waals surface area contributed by atoms with Gasteiger partial charge in [0.25, 0.3) is 0 Å². The topological polar surface area (TPSA) is 67.7 Å². The summed E-state index contributed by atoms with van der Waals surface area (Å²) in [6, 6.07) is 1.91. The lowest BCUT2D eigenvalue weighted by atomic mass is 10.5. The van der Waals surface area contributed by atoms with Crippen LogP contribution in [0.5, 0.6) is 0 Å². The molecule has 0 unspecified atom stereocenters. The molecule has 0 bridgehead atoms. The van der Waals surface area contributed by atoms with Gasteiger partial charge in [-0.25, -0.2) is 4.98 Å². The molecule has 0 saturated heterocycles. The van der Waals surface area contributed by atoms with Crippen LogP contribution < -0.4 is 10.6 Å². The van der Waals surface area contributed by atoms with E-state index in [4.69, 9.17) is 0 Å². The fourth-order valence-corrected chi connectivity index (χ4v) is 1.87. The Morgan fingerprint density at radius 3 is 2.95 bits per heavy atom. The maximum absolute atomic E-state index is 4.42. The highest BCUT2D eigenvalue weighted by Gasteiger charge is 2.04. The van der Waals surface area contributed by atoms with E-state index in [1.54, 1.807) is 12.4 Å². The van der Waals surface area contributed by atoms with E-state index in [-0.39, 0.29) is 0 Å². The lowest BCUT2D eigenvalue weighted by Crippen LogP contribution is -2.13. The van der Waals surface area contributed by atoms with Crippen LogP contribution in [0, 0.1) is 0 Å². The van der Waals surface area contributed by atoms with Gasteiger partial charge in [-0.1, -0.05) is 6.92 Å². The highest BCUT2D eigenvalue weighted by Crippen LogP contribution is 2.19. The van der Waals surface area contributed by atoms with Crippen molar-refractivity contribution in [3.05, 3.63) is 29.1 Å². The second-order valence-electron chi connectivity index (χ2n) is 4.01. The Bertz CT molecular complexity index is 499. The first kappa shape index (κ1) is 13.8. The lowest BCUT2D eigenvalue weighted by Gasteiger charge is -2.09. The van der Waals surface area contributed by atoms with Crippen LogP contribution in [0.15, 0.2) is 29.1 Å². The molecule has 0 aromatic carbocycles. The first-order valence-electron chi connectivity index (χ1n) is 6.27. The summed E-state index contributed by atoms with van der Waals surface area (Å²) in [7, 11) is 0. The average Bonchev–Trinajstić information content (AvgIpc) is 2.92. The molecular weight excluding hydrogens is 308 g/mol. The fraction of sp³-hybridized carbons (Fsp3) is 0.417. The number of nitrogens with zero attached hydrogens (tertiary/aromatic N) is 4. The van der Waals surface area contributed by atoms with Crippen LogP contribution in [0.3, 0.4) is 0 Å². The summed E-state index contributed by atoms with van der Waals surface area (Å²) in [5, 5.41) is 10.6. The Morgan fingerprint density at radius 2 is 2.21 bits per heavy atom. The van der Waals surface area contributed by atoms with Crippen molar-refractivity contribution in [2.24, 2.45) is 0 Å². The molecule has 102 valence electrons. The molecule has 2 aromatic rings. The molecule has 0 aliphatic heterocycles. The van der Waals surface area contributed by atoms with Gasteiger partial charge < -0.3 is 10.6 Å². The largest absolute Gasteiger partial charge is 0.367 e. The number of rotatable bonds is 7. The third-order valence-corrected chi connectivity index (χ3v) is 3.05. The van der Waals surface area contributed by atoms with E-state index in [0.717, 1.165) is 36.3 Å². The minimum atomic E-state index is 0.645. The highest BCUT2D eigenvalue weighted by atomic mass is 79.9. The number of hydrogen-bond acceptors (Lipinski definition) is 5. The molecule has 0 saturated carbocycles. The van der Waals surface area contributed by atoms with Crippen molar-refractivity contribution in [1.82, 2.24) is 19.7 Å². The smallest absolute Gasteiger partial charge is 0.224 e. The standard InChI is InChI=1S/C12H17BrN6/c1-2-4-15-12-16-9-10(13)11(18-12)14-6-8-19-7-3-5-17-19/h3,5,7,9H,2,4,6,8H2,1H3,(H2,14,15,16,18).